The Morgan fingerprint density at radius 3 is 1.20 bits per heavy atom. The topological polar surface area (TPSA) is 856 Å². The van der Waals surface area contributed by atoms with Gasteiger partial charge in [0.15, 0.2) is 77.0 Å². The smallest absolute Gasteiger partial charge is 0.394 e. The summed E-state index contributed by atoms with van der Waals surface area (Å²) in [4.78, 5) is 171. The number of nitrogens with one attached hydrogen (secondary N) is 2. The van der Waals surface area contributed by atoms with Crippen LogP contribution in [0.2, 0.25) is 0 Å². The summed E-state index contributed by atoms with van der Waals surface area (Å²) in [6.45, 7) is 0.170. The number of H-pyrrole nitrogens is 2. The average Bonchev–Trinajstić information content (AvgIpc) is 1.14. The third-order valence-electron chi connectivity index (χ3n) is 23.4. The number of methoxy groups -OCH3 is 5. The first-order valence-corrected chi connectivity index (χ1v) is 49.7. The first-order chi connectivity index (χ1) is 67.4. The normalized spacial score (nSPS) is 30.1. The summed E-state index contributed by atoms with van der Waals surface area (Å²) in [5, 5.41) is 42.8. The molecule has 11 aromatic heterocycles. The van der Waals surface area contributed by atoms with Gasteiger partial charge >= 0.3 is 56.2 Å². The molecule has 70 heteroatoms. The van der Waals surface area contributed by atoms with Crippen molar-refractivity contribution in [1.29, 1.82) is 0 Å². The third kappa shape index (κ3) is 20.8. The van der Waals surface area contributed by atoms with Crippen LogP contribution in [-0.2, 0) is 120 Å². The van der Waals surface area contributed by atoms with Crippen LogP contribution in [0, 0.1) is 27.7 Å². The number of aliphatic hydroxyl groups excluding tert-OH is 3. The number of phosphoric ester groups is 5. The Labute approximate surface area is 793 Å². The number of hydrogen-bond acceptors (Lipinski definition) is 50. The number of aliphatic hydroxyl groups is 3. The van der Waals surface area contributed by atoms with Crippen LogP contribution >= 0.6 is 39.1 Å². The molecular weight excluding hydrogens is 2010 g/mol. The highest BCUT2D eigenvalue weighted by atomic mass is 31.2. The lowest BCUT2D eigenvalue weighted by molar-refractivity contribution is -0.0675. The van der Waals surface area contributed by atoms with Crippen LogP contribution < -0.4 is 51.1 Å². The van der Waals surface area contributed by atoms with E-state index in [2.05, 4.69) is 55.1 Å². The minimum absolute atomic E-state index is 0.0220. The highest BCUT2D eigenvalue weighted by Gasteiger charge is 2.59. The van der Waals surface area contributed by atoms with Crippen molar-refractivity contribution in [3.05, 3.63) is 149 Å². The lowest BCUT2D eigenvalue weighted by atomic mass is 10.1. The number of rotatable bonds is 39. The zero-order valence-corrected chi connectivity index (χ0v) is 79.7. The SMILES string of the molecule is CO[C@@H]1[C@H](OP(=O)(O)OC[C@H]2O[C@@H](n3cnc4c(-n5nc(C)cc5C)nc(-n5nc(C)cc5C)nc43)[C@H](O)[C@@H]2O)[C@@H](COP(=O)(O)O[C@H]2[C@@H](OC)[C@H](n3cnc4c(N)ncnc43)O[C@@H]2COP(=O)(O)O[C@H]2[C@@H](OC)[C@H](n3ccc(N)nc3=O)O[C@@H]2COP(=O)(O)O[C@H]2[C@@H](OC)[C@H](n3cnc4c(=O)[nH]c(N)nc43)O[C@@H]2COP(=O)(O)O[C@H]2[C@@H](OC)[C@H](n3ccc(=O)[nH]c3=O)O[C@@H]2CO)O[C@H]1n1ccc(N)nc1=O. The molecule has 6 aliphatic heterocycles. The zero-order chi connectivity index (χ0) is 102. The number of nitrogens with zero attached hydrogens (tertiary/aromatic N) is 20. The number of aromatic amines is 2. The fourth-order valence-electron chi connectivity index (χ4n) is 17.1. The quantitative estimate of drug-likeness (QED) is 0.0166. The van der Waals surface area contributed by atoms with Crippen LogP contribution in [0.5, 0.6) is 0 Å². The summed E-state index contributed by atoms with van der Waals surface area (Å²) in [5.41, 5.74) is 21.0. The number of aromatic nitrogens is 22. The number of nitrogen functional groups attached to an aromatic ring is 4. The minimum atomic E-state index is -5.90. The van der Waals surface area contributed by atoms with Gasteiger partial charge in [-0.15, -0.1) is 0 Å². The van der Waals surface area contributed by atoms with Gasteiger partial charge in [0.2, 0.25) is 5.95 Å². The Kier molecular flexibility index (Phi) is 29.6. The van der Waals surface area contributed by atoms with Crippen molar-refractivity contribution < 1.29 is 160 Å². The molecule has 17 rings (SSSR count). The molecule has 18 N–H and O–H groups in total. The largest absolute Gasteiger partial charge is 0.472 e. The molecule has 770 valence electrons. The summed E-state index contributed by atoms with van der Waals surface area (Å²) < 4.78 is 205. The van der Waals surface area contributed by atoms with Gasteiger partial charge in [0.1, 0.15) is 133 Å². The second kappa shape index (κ2) is 40.8. The standard InChI is InChI=1S/C72H93N26O39P5/c1-28-16-30(3)97(89-28)60-42-58(86-69(87-60)98-31(4)17-29(2)90-98)95(26-80-42)62-45(102)44(101)33(128-62)19-122-138(107,108)134-47-34(129-64(52(47)118-6)91-13-10-38(73)82-70(91)104)20-124-141(113,114)136-49-36(131-66(54(49)120-8)94-25-79-41-56(75)77-24-78-57(41)94)22-126-140(111,112)135-48-35(130-65(53(48)119-7)92-14-11-39(74)83-71(92)105)21-125-142(115,116)137-50-37(132-67(55(50)121-9)96-27-81-43-59(96)85-68(76)88-61(43)103)23-123-139(109,110)133-46-32(18-99)127-63(51(46)117-5)93-15-12-40(100)84-72(93)106/h10-17,24-27,32-37,44-55,62-67,99,101-102H,18-23H2,1-9H3,(H,107,108)(H,109,110)(H,111,112)(H,113,114)(H,115,116)(H2,73,82,104)(H2,74,83,105)(H2,75,77,78)(H,84,100,106)(H3,76,85,88,103)/t32-,33-,34-,35-,36-,37-,44-,45-,46-,47-,48-,49-,50-,51-,52-,53-,54-,55-,62-,63-,64-,65-,66-,67-/m1/s1. The highest BCUT2D eigenvalue weighted by Crippen LogP contribution is 2.58. The molecular formula is C72H93N26O39P5. The highest BCUT2D eigenvalue weighted by molar-refractivity contribution is 7.48. The van der Waals surface area contributed by atoms with Crippen molar-refractivity contribution in [3.63, 3.8) is 0 Å². The van der Waals surface area contributed by atoms with Crippen LogP contribution in [0.1, 0.15) is 60.1 Å². The van der Waals surface area contributed by atoms with Crippen molar-refractivity contribution in [2.45, 2.75) is 175 Å². The molecule has 0 bridgehead atoms. The van der Waals surface area contributed by atoms with Crippen LogP contribution in [0.3, 0.4) is 0 Å². The molecule has 29 atom stereocenters. The lowest BCUT2D eigenvalue weighted by Gasteiger charge is -2.28. The molecule has 5 unspecified atom stereocenters. The van der Waals surface area contributed by atoms with Gasteiger partial charge in [0.25, 0.3) is 17.1 Å². The first-order valence-electron chi connectivity index (χ1n) is 42.2. The zero-order valence-electron chi connectivity index (χ0n) is 75.3. The molecule has 0 radical (unpaired) electrons. The molecule has 0 amide bonds. The Morgan fingerprint density at radius 2 is 0.775 bits per heavy atom. The lowest BCUT2D eigenvalue weighted by Crippen LogP contribution is -2.40. The van der Waals surface area contributed by atoms with Crippen LogP contribution in [0.25, 0.3) is 45.3 Å². The molecule has 65 nitrogen and oxygen atoms in total. The average molecular weight is 2100 g/mol. The van der Waals surface area contributed by atoms with Gasteiger partial charge < -0.3 is 115 Å². The van der Waals surface area contributed by atoms with E-state index in [1.54, 1.807) is 39.8 Å². The van der Waals surface area contributed by atoms with Crippen molar-refractivity contribution in [2.75, 3.05) is 98.1 Å². The van der Waals surface area contributed by atoms with E-state index in [0.717, 1.165) is 104 Å². The summed E-state index contributed by atoms with van der Waals surface area (Å²) in [5.74, 6) is -0.910. The molecule has 0 aliphatic carbocycles. The molecule has 0 spiro atoms. The second-order valence-corrected chi connectivity index (χ2v) is 39.6. The fourth-order valence-corrected chi connectivity index (χ4v) is 21.9. The molecule has 0 saturated carbocycles. The van der Waals surface area contributed by atoms with Gasteiger partial charge in [-0.3, -0.25) is 92.2 Å². The Bertz CT molecular complexity index is 7100. The maximum atomic E-state index is 15.0. The van der Waals surface area contributed by atoms with Gasteiger partial charge in [-0.2, -0.15) is 35.1 Å². The summed E-state index contributed by atoms with van der Waals surface area (Å²) in [6, 6.07) is 6.84. The van der Waals surface area contributed by atoms with Gasteiger partial charge in [-0.25, -0.2) is 71.5 Å². The van der Waals surface area contributed by atoms with Gasteiger partial charge in [0.05, 0.1) is 70.0 Å². The predicted octanol–water partition coefficient (Wildman–Crippen LogP) is -3.52. The van der Waals surface area contributed by atoms with Gasteiger partial charge in [0, 0.05) is 71.6 Å². The number of hydrogen-bond donors (Lipinski definition) is 14. The number of aryl methyl sites for hydroxylation is 4. The molecule has 6 saturated heterocycles. The van der Waals surface area contributed by atoms with E-state index >= 15 is 0 Å². The summed E-state index contributed by atoms with van der Waals surface area (Å²) in [6.07, 6.45) is -35.3. The van der Waals surface area contributed by atoms with E-state index in [1.807, 2.05) is 4.98 Å². The number of imidazole rings is 3. The van der Waals surface area contributed by atoms with Crippen molar-refractivity contribution in [3.8, 4) is 11.8 Å². The van der Waals surface area contributed by atoms with Crippen LogP contribution in [0.4, 0.5) is 23.4 Å². The van der Waals surface area contributed by atoms with Crippen molar-refractivity contribution >= 4 is 96.0 Å². The van der Waals surface area contributed by atoms with Crippen molar-refractivity contribution in [2.24, 2.45) is 0 Å². The monoisotopic (exact) mass is 2100 g/mol. The van der Waals surface area contributed by atoms with E-state index in [4.69, 9.17) is 130 Å². The third-order valence-corrected chi connectivity index (χ3v) is 28.4. The first kappa shape index (κ1) is 103. The molecule has 6 fully saturated rings. The number of ether oxygens (including phenoxy) is 11. The van der Waals surface area contributed by atoms with E-state index < -0.39 is 260 Å². The van der Waals surface area contributed by atoms with Crippen LogP contribution in [0.15, 0.2) is 98.2 Å². The molecule has 0 aromatic carbocycles. The molecule has 6 aliphatic rings. The number of phosphoric acid groups is 5. The number of fused-ring (bicyclic) bond motifs is 3. The maximum absolute atomic E-state index is 15.0. The minimum Gasteiger partial charge on any atom is -0.394 e. The number of nitrogens with two attached hydrogens (primary N) is 4. The van der Waals surface area contributed by atoms with Crippen LogP contribution in [-0.4, -0.2) is 332 Å². The van der Waals surface area contributed by atoms with Crippen molar-refractivity contribution in [1.82, 2.24) is 107 Å². The van der Waals surface area contributed by atoms with Gasteiger partial charge in [-0.1, -0.05) is 0 Å². The van der Waals surface area contributed by atoms with E-state index in [9.17, 15) is 86.6 Å². The fraction of sp³-hybridized carbons (Fsp3) is 0.542. The Morgan fingerprint density at radius 1 is 0.401 bits per heavy atom. The molecule has 17 heterocycles. The Hall–Kier alpha value is -10.5. The predicted molar refractivity (Wildman–Crippen MR) is 468 cm³/mol. The second-order valence-electron chi connectivity index (χ2n) is 32.5. The summed E-state index contributed by atoms with van der Waals surface area (Å²) in [7, 11) is -23.5. The molecule has 11 aromatic rings. The maximum Gasteiger partial charge on any atom is 0.472 e. The molecule has 142 heavy (non-hydrogen) atoms. The summed E-state index contributed by atoms with van der Waals surface area (Å²) >= 11 is 0. The Balaban J connectivity index is 0.613. The van der Waals surface area contributed by atoms with Gasteiger partial charge in [-0.05, 0) is 52.0 Å². The van der Waals surface area contributed by atoms with E-state index in [-0.39, 0.29) is 62.7 Å². The van der Waals surface area contributed by atoms with E-state index in [1.165, 1.54) is 30.9 Å². The van der Waals surface area contributed by atoms with E-state index in [0.29, 0.717) is 22.8 Å². The number of anilines is 4.